The maximum absolute atomic E-state index is 15.0. The van der Waals surface area contributed by atoms with E-state index in [2.05, 4.69) is 29.8 Å². The lowest BCUT2D eigenvalue weighted by molar-refractivity contribution is -0.113. The minimum Gasteiger partial charge on any atom is -0.351 e. The largest absolute Gasteiger partial charge is 0.351 e. The van der Waals surface area contributed by atoms with Gasteiger partial charge in [-0.15, -0.1) is 0 Å². The van der Waals surface area contributed by atoms with Crippen molar-refractivity contribution in [2.45, 2.75) is 69.7 Å². The molecule has 10 nitrogen and oxygen atoms in total. The lowest BCUT2D eigenvalue weighted by Crippen LogP contribution is -2.65. The predicted molar refractivity (Wildman–Crippen MR) is 156 cm³/mol. The third-order valence-electron chi connectivity index (χ3n) is 8.91. The molecule has 5 N–H and O–H groups in total. The monoisotopic (exact) mass is 599 g/mol. The van der Waals surface area contributed by atoms with Crippen molar-refractivity contribution in [1.29, 1.82) is 0 Å². The van der Waals surface area contributed by atoms with Gasteiger partial charge in [0.2, 0.25) is 0 Å². The summed E-state index contributed by atoms with van der Waals surface area (Å²) in [4.78, 5) is 37.5. The molecule has 0 aromatic heterocycles. The lowest BCUT2D eigenvalue weighted by atomic mass is 9.43. The summed E-state index contributed by atoms with van der Waals surface area (Å²) < 4.78 is 41.2. The summed E-state index contributed by atoms with van der Waals surface area (Å²) in [6.07, 6.45) is 6.32. The Morgan fingerprint density at radius 1 is 1.02 bits per heavy atom. The molecule has 0 heterocycles. The summed E-state index contributed by atoms with van der Waals surface area (Å²) >= 11 is 0. The van der Waals surface area contributed by atoms with Crippen LogP contribution in [0.1, 0.15) is 68.3 Å². The van der Waals surface area contributed by atoms with Crippen molar-refractivity contribution in [1.82, 2.24) is 14.9 Å². The fourth-order valence-corrected chi connectivity index (χ4v) is 9.77. The number of hydrogen-bond donors (Lipinski definition) is 4. The maximum atomic E-state index is 15.0. The van der Waals surface area contributed by atoms with E-state index in [1.165, 1.54) is 43.5 Å². The van der Waals surface area contributed by atoms with Crippen LogP contribution in [0, 0.1) is 29.5 Å². The van der Waals surface area contributed by atoms with Crippen LogP contribution in [0.5, 0.6) is 0 Å². The first-order valence-electron chi connectivity index (χ1n) is 14.2. The van der Waals surface area contributed by atoms with E-state index in [9.17, 15) is 27.2 Å². The van der Waals surface area contributed by atoms with Gasteiger partial charge < -0.3 is 21.7 Å². The number of carbonyl (C=O) groups is 3. The number of nitrogens with zero attached hydrogens (tertiary/aromatic N) is 1. The number of hydrogen-bond acceptors (Lipinski definition) is 5. The Kier molecular flexibility index (Phi) is 7.49. The van der Waals surface area contributed by atoms with Crippen LogP contribution < -0.4 is 21.7 Å². The summed E-state index contributed by atoms with van der Waals surface area (Å²) in [6, 6.07) is 8.01. The Labute approximate surface area is 245 Å². The van der Waals surface area contributed by atoms with Crippen LogP contribution in [0.25, 0.3) is 0 Å². The van der Waals surface area contributed by atoms with Gasteiger partial charge in [0.15, 0.2) is 0 Å². The quantitative estimate of drug-likeness (QED) is 0.352. The van der Waals surface area contributed by atoms with E-state index < -0.39 is 40.4 Å². The molecule has 4 saturated carbocycles. The van der Waals surface area contributed by atoms with Crippen molar-refractivity contribution in [3.05, 3.63) is 59.4 Å². The molecule has 2 atom stereocenters. The van der Waals surface area contributed by atoms with Gasteiger partial charge in [0.05, 0.1) is 17.1 Å². The normalized spacial score (nSPS) is 27.8. The summed E-state index contributed by atoms with van der Waals surface area (Å²) in [5.74, 6) is -0.885. The van der Waals surface area contributed by atoms with Crippen LogP contribution in [0.4, 0.5) is 19.7 Å². The first kappa shape index (κ1) is 29.8. The van der Waals surface area contributed by atoms with Crippen molar-refractivity contribution < 1.29 is 27.2 Å². The second-order valence-corrected chi connectivity index (χ2v) is 15.0. The highest BCUT2D eigenvalue weighted by Crippen LogP contribution is 2.66. The SMILES string of the molecule is Cc1cccc(S(=O)(=O)N(CCNC(=O)c2ccc(NC(=O)NC34CC5C[C@@](C)(C3)C[C@@](C)(C5)C4)c(F)c2)C(N)=O)c1. The number of halogens is 1. The smallest absolute Gasteiger partial charge is 0.328 e. The number of amides is 5. The molecule has 0 radical (unpaired) electrons. The highest BCUT2D eigenvalue weighted by Gasteiger charge is 2.60. The minimum atomic E-state index is -4.23. The highest BCUT2D eigenvalue weighted by molar-refractivity contribution is 7.89. The number of rotatable bonds is 8. The van der Waals surface area contributed by atoms with Gasteiger partial charge in [-0.2, -0.15) is 0 Å². The molecule has 0 saturated heterocycles. The first-order chi connectivity index (χ1) is 19.6. The molecule has 0 unspecified atom stereocenters. The van der Waals surface area contributed by atoms with E-state index in [0.29, 0.717) is 15.8 Å². The van der Waals surface area contributed by atoms with Gasteiger partial charge in [-0.1, -0.05) is 26.0 Å². The zero-order chi connectivity index (χ0) is 30.5. The van der Waals surface area contributed by atoms with Crippen LogP contribution in [-0.4, -0.2) is 49.3 Å². The maximum Gasteiger partial charge on any atom is 0.328 e. The van der Waals surface area contributed by atoms with E-state index in [-0.39, 0.29) is 39.1 Å². The molecule has 4 fully saturated rings. The number of urea groups is 2. The summed E-state index contributed by atoms with van der Waals surface area (Å²) in [7, 11) is -4.23. The number of carbonyl (C=O) groups excluding carboxylic acids is 3. The molecular weight excluding hydrogens is 561 g/mol. The number of anilines is 1. The van der Waals surface area contributed by atoms with E-state index >= 15 is 0 Å². The Hall–Kier alpha value is -3.67. The van der Waals surface area contributed by atoms with Crippen LogP contribution in [0.3, 0.4) is 0 Å². The molecule has 0 spiro atoms. The van der Waals surface area contributed by atoms with Crippen molar-refractivity contribution >= 4 is 33.7 Å². The molecule has 4 aliphatic carbocycles. The Bertz CT molecular complexity index is 1530. The number of nitrogens with two attached hydrogens (primary N) is 1. The topological polar surface area (TPSA) is 151 Å². The number of primary amides is 1. The number of sulfonamides is 1. The third-order valence-corrected chi connectivity index (χ3v) is 10.7. The van der Waals surface area contributed by atoms with Crippen molar-refractivity contribution in [2.75, 3.05) is 18.4 Å². The van der Waals surface area contributed by atoms with Crippen LogP contribution in [0.15, 0.2) is 47.4 Å². The average Bonchev–Trinajstić information content (AvgIpc) is 2.84. The van der Waals surface area contributed by atoms with Crippen molar-refractivity contribution in [3.63, 3.8) is 0 Å². The second-order valence-electron chi connectivity index (χ2n) is 13.2. The molecule has 0 aliphatic heterocycles. The van der Waals surface area contributed by atoms with Crippen molar-refractivity contribution in [2.24, 2.45) is 22.5 Å². The summed E-state index contributed by atoms with van der Waals surface area (Å²) in [5, 5.41) is 8.26. The van der Waals surface area contributed by atoms with Gasteiger partial charge in [-0.25, -0.2) is 26.7 Å². The zero-order valence-electron chi connectivity index (χ0n) is 24.1. The molecule has 5 amide bonds. The fraction of sp³-hybridized carbons (Fsp3) is 0.500. The average molecular weight is 600 g/mol. The Balaban J connectivity index is 1.18. The summed E-state index contributed by atoms with van der Waals surface area (Å²) in [6.45, 7) is 5.66. The zero-order valence-corrected chi connectivity index (χ0v) is 24.9. The highest BCUT2D eigenvalue weighted by atomic mass is 32.2. The minimum absolute atomic E-state index is 0.0347. The van der Waals surface area contributed by atoms with Crippen LogP contribution in [0.2, 0.25) is 0 Å². The molecule has 4 aliphatic rings. The molecule has 4 bridgehead atoms. The molecule has 12 heteroatoms. The first-order valence-corrected chi connectivity index (χ1v) is 15.6. The van der Waals surface area contributed by atoms with E-state index in [1.807, 2.05) is 0 Å². The van der Waals surface area contributed by atoms with Crippen LogP contribution >= 0.6 is 0 Å². The molecule has 226 valence electrons. The number of nitrogens with one attached hydrogen (secondary N) is 3. The van der Waals surface area contributed by atoms with Gasteiger partial charge >= 0.3 is 12.1 Å². The van der Waals surface area contributed by atoms with Gasteiger partial charge in [0.25, 0.3) is 15.9 Å². The standard InChI is InChI=1S/C30H38FN5O5S/c1-19-5-4-6-22(11-19)42(40,41)36(26(32)38)10-9-33-25(37)21-7-8-24(23(31)12-21)34-27(39)35-30-15-20-13-28(2,17-30)16-29(3,14-20)18-30/h4-8,11-12,20H,9-10,13-18H2,1-3H3,(H2,32,38)(H,33,37)(H2,34,35,39)/t20?,28-,29-,30?/m1/s1. The Morgan fingerprint density at radius 2 is 1.71 bits per heavy atom. The van der Waals surface area contributed by atoms with Gasteiger partial charge in [0, 0.05) is 17.6 Å². The van der Waals surface area contributed by atoms with Gasteiger partial charge in [0.1, 0.15) is 5.82 Å². The van der Waals surface area contributed by atoms with E-state index in [4.69, 9.17) is 5.73 Å². The van der Waals surface area contributed by atoms with E-state index in [0.717, 1.165) is 25.3 Å². The van der Waals surface area contributed by atoms with Crippen LogP contribution in [-0.2, 0) is 10.0 Å². The third kappa shape index (κ3) is 5.95. The van der Waals surface area contributed by atoms with Gasteiger partial charge in [-0.3, -0.25) is 4.79 Å². The number of benzene rings is 2. The van der Waals surface area contributed by atoms with Gasteiger partial charge in [-0.05, 0) is 98.1 Å². The molecular formula is C30H38FN5O5S. The summed E-state index contributed by atoms with van der Waals surface area (Å²) in [5.41, 5.74) is 6.03. The fourth-order valence-electron chi connectivity index (χ4n) is 8.36. The number of aryl methyl sites for hydroxylation is 1. The predicted octanol–water partition coefficient (Wildman–Crippen LogP) is 4.50. The van der Waals surface area contributed by atoms with Crippen molar-refractivity contribution in [3.8, 4) is 0 Å². The molecule has 42 heavy (non-hydrogen) atoms. The molecule has 2 aromatic rings. The lowest BCUT2D eigenvalue weighted by Gasteiger charge is -2.65. The van der Waals surface area contributed by atoms with E-state index in [1.54, 1.807) is 19.1 Å². The molecule has 2 aromatic carbocycles. The Morgan fingerprint density at radius 3 is 2.31 bits per heavy atom. The second kappa shape index (κ2) is 10.6. The molecule has 6 rings (SSSR count).